The molecular weight excluding hydrogens is 266 g/mol. The molecule has 0 radical (unpaired) electrons. The van der Waals surface area contributed by atoms with Crippen LogP contribution in [0.5, 0.6) is 5.75 Å². The van der Waals surface area contributed by atoms with Gasteiger partial charge in [-0.2, -0.15) is 10.5 Å². The zero-order valence-corrected chi connectivity index (χ0v) is 11.0. The molecule has 0 bridgehead atoms. The molecule has 5 nitrogen and oxygen atoms in total. The van der Waals surface area contributed by atoms with Gasteiger partial charge in [0.05, 0.1) is 17.3 Å². The molecule has 0 aromatic heterocycles. The molecule has 1 amide bonds. The normalized spacial score (nSPS) is 9.24. The monoisotopic (exact) mass is 277 g/mol. The first kappa shape index (κ1) is 14.1. The first-order valence-electron chi connectivity index (χ1n) is 6.15. The van der Waals surface area contributed by atoms with Crippen LogP contribution < -0.4 is 10.1 Å². The fourth-order valence-corrected chi connectivity index (χ4v) is 1.70. The highest BCUT2D eigenvalue weighted by atomic mass is 16.5. The lowest BCUT2D eigenvalue weighted by Gasteiger charge is -2.10. The van der Waals surface area contributed by atoms with Crippen molar-refractivity contribution in [3.63, 3.8) is 0 Å². The van der Waals surface area contributed by atoms with E-state index in [1.165, 1.54) is 0 Å². The van der Waals surface area contributed by atoms with Gasteiger partial charge in [-0.1, -0.05) is 12.1 Å². The predicted molar refractivity (Wildman–Crippen MR) is 76.7 cm³/mol. The molecule has 0 aliphatic heterocycles. The number of carbonyl (C=O) groups excluding carboxylic acids is 1. The number of benzene rings is 2. The molecule has 0 unspecified atom stereocenters. The number of amides is 1. The van der Waals surface area contributed by atoms with Gasteiger partial charge in [0.15, 0.2) is 6.61 Å². The second kappa shape index (κ2) is 6.74. The van der Waals surface area contributed by atoms with Gasteiger partial charge in [0.2, 0.25) is 0 Å². The summed E-state index contributed by atoms with van der Waals surface area (Å²) in [6.45, 7) is -0.0935. The maximum absolute atomic E-state index is 12.1. The van der Waals surface area contributed by atoms with Gasteiger partial charge >= 0.3 is 0 Å². The van der Waals surface area contributed by atoms with Crippen LogP contribution in [0.25, 0.3) is 0 Å². The highest BCUT2D eigenvalue weighted by molar-refractivity contribution is 6.05. The van der Waals surface area contributed by atoms with Gasteiger partial charge in [0.25, 0.3) is 5.91 Å². The van der Waals surface area contributed by atoms with Gasteiger partial charge in [-0.05, 0) is 36.4 Å². The van der Waals surface area contributed by atoms with Crippen molar-refractivity contribution in [2.75, 3.05) is 11.9 Å². The molecule has 2 aromatic rings. The smallest absolute Gasteiger partial charge is 0.255 e. The van der Waals surface area contributed by atoms with Crippen molar-refractivity contribution >= 4 is 11.6 Å². The highest BCUT2D eigenvalue weighted by Crippen LogP contribution is 2.24. The second-order valence-electron chi connectivity index (χ2n) is 4.09. The number of hydrogen-bond donors (Lipinski definition) is 1. The number of para-hydroxylation sites is 2. The summed E-state index contributed by atoms with van der Waals surface area (Å²) >= 11 is 0. The summed E-state index contributed by atoms with van der Waals surface area (Å²) in [6, 6.07) is 17.0. The van der Waals surface area contributed by atoms with E-state index in [2.05, 4.69) is 5.32 Å². The number of hydrogen-bond acceptors (Lipinski definition) is 4. The lowest BCUT2D eigenvalue weighted by molar-refractivity contribution is 0.102. The maximum atomic E-state index is 12.1. The van der Waals surface area contributed by atoms with Crippen molar-refractivity contribution in [2.24, 2.45) is 0 Å². The van der Waals surface area contributed by atoms with Crippen LogP contribution in [0.2, 0.25) is 0 Å². The number of rotatable bonds is 4. The molecular formula is C16H11N3O2. The van der Waals surface area contributed by atoms with Crippen LogP contribution in [0.15, 0.2) is 48.5 Å². The van der Waals surface area contributed by atoms with Crippen molar-refractivity contribution in [1.82, 2.24) is 0 Å². The molecule has 2 aromatic carbocycles. The van der Waals surface area contributed by atoms with E-state index in [9.17, 15) is 4.79 Å². The summed E-state index contributed by atoms with van der Waals surface area (Å²) in [5, 5.41) is 20.0. The fraction of sp³-hybridized carbons (Fsp3) is 0.0625. The molecule has 0 fully saturated rings. The largest absolute Gasteiger partial charge is 0.477 e. The van der Waals surface area contributed by atoms with E-state index in [1.54, 1.807) is 48.5 Å². The van der Waals surface area contributed by atoms with Gasteiger partial charge in [0.1, 0.15) is 11.8 Å². The Hall–Kier alpha value is -3.31. The summed E-state index contributed by atoms with van der Waals surface area (Å²) < 4.78 is 5.24. The summed E-state index contributed by atoms with van der Waals surface area (Å²) in [5.41, 5.74) is 1.41. The third kappa shape index (κ3) is 3.59. The predicted octanol–water partition coefficient (Wildman–Crippen LogP) is 2.71. The first-order chi connectivity index (χ1) is 10.2. The zero-order chi connectivity index (χ0) is 15.1. The topological polar surface area (TPSA) is 85.9 Å². The van der Waals surface area contributed by atoms with Crippen molar-refractivity contribution in [1.29, 1.82) is 10.5 Å². The Morgan fingerprint density at radius 1 is 1.10 bits per heavy atom. The Bertz CT molecular complexity index is 724. The Labute approximate surface area is 122 Å². The average molecular weight is 277 g/mol. The molecule has 0 aliphatic carbocycles. The molecule has 21 heavy (non-hydrogen) atoms. The van der Waals surface area contributed by atoms with E-state index in [0.29, 0.717) is 22.6 Å². The Kier molecular flexibility index (Phi) is 4.53. The summed E-state index contributed by atoms with van der Waals surface area (Å²) in [4.78, 5) is 12.1. The minimum absolute atomic E-state index is 0.0935. The molecule has 0 saturated heterocycles. The summed E-state index contributed by atoms with van der Waals surface area (Å²) in [6.07, 6.45) is 0. The van der Waals surface area contributed by atoms with Gasteiger partial charge < -0.3 is 10.1 Å². The quantitative estimate of drug-likeness (QED) is 0.930. The molecule has 1 N–H and O–H groups in total. The number of nitrogens with zero attached hydrogens (tertiary/aromatic N) is 2. The number of nitrogens with one attached hydrogen (secondary N) is 1. The van der Waals surface area contributed by atoms with Crippen molar-refractivity contribution in [3.8, 4) is 17.9 Å². The summed E-state index contributed by atoms with van der Waals surface area (Å²) in [7, 11) is 0. The SMILES string of the molecule is N#CCOc1ccccc1NC(=O)c1ccc(C#N)cc1. The third-order valence-electron chi connectivity index (χ3n) is 2.70. The van der Waals surface area contributed by atoms with Crippen LogP contribution in [-0.4, -0.2) is 12.5 Å². The lowest BCUT2D eigenvalue weighted by Crippen LogP contribution is -2.13. The molecule has 0 saturated carbocycles. The van der Waals surface area contributed by atoms with E-state index in [0.717, 1.165) is 0 Å². The molecule has 0 atom stereocenters. The van der Waals surface area contributed by atoms with Crippen LogP contribution in [-0.2, 0) is 0 Å². The number of carbonyl (C=O) groups is 1. The Morgan fingerprint density at radius 2 is 1.81 bits per heavy atom. The standard InChI is InChI=1S/C16H11N3O2/c17-9-10-21-15-4-2-1-3-14(15)19-16(20)13-7-5-12(11-18)6-8-13/h1-8H,10H2,(H,19,20). The number of ether oxygens (including phenoxy) is 1. The number of anilines is 1. The van der Waals surface area contributed by atoms with E-state index < -0.39 is 0 Å². The van der Waals surface area contributed by atoms with Crippen LogP contribution in [0.4, 0.5) is 5.69 Å². The van der Waals surface area contributed by atoms with Crippen LogP contribution in [0.3, 0.4) is 0 Å². The van der Waals surface area contributed by atoms with Gasteiger partial charge in [-0.3, -0.25) is 4.79 Å². The molecule has 0 spiro atoms. The van der Waals surface area contributed by atoms with Crippen molar-refractivity contribution in [2.45, 2.75) is 0 Å². The lowest BCUT2D eigenvalue weighted by atomic mass is 10.1. The van der Waals surface area contributed by atoms with Crippen molar-refractivity contribution < 1.29 is 9.53 Å². The van der Waals surface area contributed by atoms with E-state index in [1.807, 2.05) is 12.1 Å². The Morgan fingerprint density at radius 3 is 2.48 bits per heavy atom. The second-order valence-corrected chi connectivity index (χ2v) is 4.09. The van der Waals surface area contributed by atoms with Crippen LogP contribution in [0.1, 0.15) is 15.9 Å². The van der Waals surface area contributed by atoms with Gasteiger partial charge in [-0.25, -0.2) is 0 Å². The summed E-state index contributed by atoms with van der Waals surface area (Å²) in [5.74, 6) is 0.119. The van der Waals surface area contributed by atoms with Crippen molar-refractivity contribution in [3.05, 3.63) is 59.7 Å². The molecule has 0 aliphatic rings. The van der Waals surface area contributed by atoms with Crippen LogP contribution >= 0.6 is 0 Å². The fourth-order valence-electron chi connectivity index (χ4n) is 1.70. The van der Waals surface area contributed by atoms with E-state index in [-0.39, 0.29) is 12.5 Å². The van der Waals surface area contributed by atoms with Gasteiger partial charge in [0, 0.05) is 5.56 Å². The average Bonchev–Trinajstić information content (AvgIpc) is 2.54. The van der Waals surface area contributed by atoms with E-state index in [4.69, 9.17) is 15.3 Å². The zero-order valence-electron chi connectivity index (χ0n) is 11.0. The minimum Gasteiger partial charge on any atom is -0.477 e. The van der Waals surface area contributed by atoms with E-state index >= 15 is 0 Å². The highest BCUT2D eigenvalue weighted by Gasteiger charge is 2.09. The molecule has 2 rings (SSSR count). The molecule has 102 valence electrons. The third-order valence-corrected chi connectivity index (χ3v) is 2.70. The van der Waals surface area contributed by atoms with Crippen LogP contribution in [0, 0.1) is 22.7 Å². The number of nitriles is 2. The van der Waals surface area contributed by atoms with Gasteiger partial charge in [-0.15, -0.1) is 0 Å². The minimum atomic E-state index is -0.313. The maximum Gasteiger partial charge on any atom is 0.255 e. The Balaban J connectivity index is 2.15. The molecule has 0 heterocycles. The molecule has 5 heteroatoms. The first-order valence-corrected chi connectivity index (χ1v) is 6.15.